The SMILES string of the molecule is O=C(Nc1ccc2ncc(-c3csc(C(=O)O)c3)nc2n1)NC1CC1. The van der Waals surface area contributed by atoms with Gasteiger partial charge in [0.25, 0.3) is 0 Å². The summed E-state index contributed by atoms with van der Waals surface area (Å²) in [6.45, 7) is 0. The molecular weight excluding hydrogens is 342 g/mol. The molecule has 1 aliphatic carbocycles. The fraction of sp³-hybridized carbons (Fsp3) is 0.188. The third-order valence-electron chi connectivity index (χ3n) is 3.67. The molecule has 0 spiro atoms. The number of carbonyl (C=O) groups excluding carboxylic acids is 1. The largest absolute Gasteiger partial charge is 0.477 e. The van der Waals surface area contributed by atoms with Crippen LogP contribution in [0.1, 0.15) is 22.5 Å². The molecular formula is C16H13N5O3S. The van der Waals surface area contributed by atoms with Crippen molar-refractivity contribution in [2.24, 2.45) is 0 Å². The van der Waals surface area contributed by atoms with Crippen molar-refractivity contribution >= 4 is 40.3 Å². The molecule has 1 aliphatic rings. The van der Waals surface area contributed by atoms with Gasteiger partial charge in [-0.05, 0) is 31.0 Å². The van der Waals surface area contributed by atoms with Gasteiger partial charge >= 0.3 is 12.0 Å². The van der Waals surface area contributed by atoms with Gasteiger partial charge < -0.3 is 10.4 Å². The average molecular weight is 355 g/mol. The fourth-order valence-electron chi connectivity index (χ4n) is 2.25. The normalized spacial score (nSPS) is 13.6. The molecule has 0 radical (unpaired) electrons. The highest BCUT2D eigenvalue weighted by Gasteiger charge is 2.23. The van der Waals surface area contributed by atoms with Gasteiger partial charge in [0, 0.05) is 17.0 Å². The lowest BCUT2D eigenvalue weighted by Crippen LogP contribution is -2.30. The molecule has 3 heterocycles. The van der Waals surface area contributed by atoms with Crippen molar-refractivity contribution in [3.05, 3.63) is 34.7 Å². The molecule has 1 saturated carbocycles. The van der Waals surface area contributed by atoms with Crippen LogP contribution >= 0.6 is 11.3 Å². The van der Waals surface area contributed by atoms with E-state index in [1.165, 1.54) is 0 Å². The van der Waals surface area contributed by atoms with Gasteiger partial charge in [0.1, 0.15) is 16.2 Å². The summed E-state index contributed by atoms with van der Waals surface area (Å²) in [6.07, 6.45) is 3.59. The molecule has 9 heteroatoms. The highest BCUT2D eigenvalue weighted by atomic mass is 32.1. The Morgan fingerprint density at radius 3 is 2.80 bits per heavy atom. The maximum absolute atomic E-state index is 11.8. The molecule has 3 N–H and O–H groups in total. The molecule has 0 bridgehead atoms. The van der Waals surface area contributed by atoms with Crippen molar-refractivity contribution in [2.75, 3.05) is 5.32 Å². The van der Waals surface area contributed by atoms with Crippen molar-refractivity contribution in [1.82, 2.24) is 20.3 Å². The number of carbonyl (C=O) groups is 2. The van der Waals surface area contributed by atoms with E-state index in [0.717, 1.165) is 24.2 Å². The number of aromatic nitrogens is 3. The Hall–Kier alpha value is -3.07. The van der Waals surface area contributed by atoms with Crippen molar-refractivity contribution in [3.63, 3.8) is 0 Å². The number of amides is 2. The molecule has 4 rings (SSSR count). The number of hydrogen-bond acceptors (Lipinski definition) is 6. The number of carboxylic acids is 1. The first-order valence-corrected chi connectivity index (χ1v) is 8.50. The Balaban J connectivity index is 1.61. The van der Waals surface area contributed by atoms with Crippen LogP contribution in [0, 0.1) is 0 Å². The highest BCUT2D eigenvalue weighted by Crippen LogP contribution is 2.25. The van der Waals surface area contributed by atoms with Crippen LogP contribution in [0.5, 0.6) is 0 Å². The summed E-state index contributed by atoms with van der Waals surface area (Å²) in [5.74, 6) is -0.593. The van der Waals surface area contributed by atoms with E-state index in [0.29, 0.717) is 28.2 Å². The Labute approximate surface area is 146 Å². The number of aromatic carboxylic acids is 1. The molecule has 3 aromatic rings. The molecule has 2 amide bonds. The number of urea groups is 1. The number of pyridine rings is 1. The number of nitrogens with one attached hydrogen (secondary N) is 2. The second-order valence-corrected chi connectivity index (χ2v) is 6.58. The Morgan fingerprint density at radius 2 is 2.08 bits per heavy atom. The van der Waals surface area contributed by atoms with Crippen molar-refractivity contribution in [2.45, 2.75) is 18.9 Å². The Kier molecular flexibility index (Phi) is 3.77. The average Bonchev–Trinajstić information content (AvgIpc) is 3.25. The molecule has 0 atom stereocenters. The number of thiophene rings is 1. The third kappa shape index (κ3) is 3.41. The second-order valence-electron chi connectivity index (χ2n) is 5.67. The summed E-state index contributed by atoms with van der Waals surface area (Å²) in [4.78, 5) is 36.1. The van der Waals surface area contributed by atoms with E-state index in [9.17, 15) is 9.59 Å². The Bertz CT molecular complexity index is 983. The summed E-state index contributed by atoms with van der Waals surface area (Å²) < 4.78 is 0. The van der Waals surface area contributed by atoms with Gasteiger partial charge in [0.05, 0.1) is 11.9 Å². The monoisotopic (exact) mass is 355 g/mol. The van der Waals surface area contributed by atoms with E-state index in [4.69, 9.17) is 5.11 Å². The van der Waals surface area contributed by atoms with E-state index in [1.807, 2.05) is 0 Å². The van der Waals surface area contributed by atoms with Gasteiger partial charge in [0.15, 0.2) is 5.65 Å². The fourth-order valence-corrected chi connectivity index (χ4v) is 2.99. The van der Waals surface area contributed by atoms with Crippen molar-refractivity contribution < 1.29 is 14.7 Å². The maximum Gasteiger partial charge on any atom is 0.345 e. The van der Waals surface area contributed by atoms with Gasteiger partial charge in [-0.1, -0.05) is 0 Å². The van der Waals surface area contributed by atoms with E-state index in [-0.39, 0.29) is 17.0 Å². The smallest absolute Gasteiger partial charge is 0.345 e. The molecule has 3 aromatic heterocycles. The summed E-state index contributed by atoms with van der Waals surface area (Å²) in [5, 5.41) is 16.2. The van der Waals surface area contributed by atoms with Crippen molar-refractivity contribution in [1.29, 1.82) is 0 Å². The van der Waals surface area contributed by atoms with Gasteiger partial charge in [-0.25, -0.2) is 19.6 Å². The van der Waals surface area contributed by atoms with Gasteiger partial charge in [-0.15, -0.1) is 11.3 Å². The minimum atomic E-state index is -0.976. The predicted molar refractivity (Wildman–Crippen MR) is 92.8 cm³/mol. The third-order valence-corrected chi connectivity index (χ3v) is 4.59. The maximum atomic E-state index is 11.8. The summed E-state index contributed by atoms with van der Waals surface area (Å²) >= 11 is 1.13. The Morgan fingerprint density at radius 1 is 1.24 bits per heavy atom. The molecule has 126 valence electrons. The first kappa shape index (κ1) is 15.5. The number of nitrogens with zero attached hydrogens (tertiary/aromatic N) is 3. The zero-order valence-electron chi connectivity index (χ0n) is 12.9. The van der Waals surface area contributed by atoms with Crippen molar-refractivity contribution in [3.8, 4) is 11.3 Å². The van der Waals surface area contributed by atoms with Crippen LogP contribution < -0.4 is 10.6 Å². The molecule has 8 nitrogen and oxygen atoms in total. The van der Waals surface area contributed by atoms with Crippen LogP contribution in [0.4, 0.5) is 10.6 Å². The van der Waals surface area contributed by atoms with Gasteiger partial charge in [0.2, 0.25) is 0 Å². The van der Waals surface area contributed by atoms with Gasteiger partial charge in [-0.2, -0.15) is 0 Å². The van der Waals surface area contributed by atoms with Crippen LogP contribution in [0.25, 0.3) is 22.4 Å². The van der Waals surface area contributed by atoms with E-state index >= 15 is 0 Å². The minimum Gasteiger partial charge on any atom is -0.477 e. The van der Waals surface area contributed by atoms with Crippen LogP contribution in [0.2, 0.25) is 0 Å². The van der Waals surface area contributed by atoms with E-state index in [1.54, 1.807) is 29.8 Å². The molecule has 0 aromatic carbocycles. The number of fused-ring (bicyclic) bond motifs is 1. The molecule has 0 aliphatic heterocycles. The van der Waals surface area contributed by atoms with E-state index in [2.05, 4.69) is 25.6 Å². The number of rotatable bonds is 4. The molecule has 1 fully saturated rings. The summed E-state index contributed by atoms with van der Waals surface area (Å²) in [6, 6.07) is 4.91. The molecule has 0 unspecified atom stereocenters. The van der Waals surface area contributed by atoms with Crippen LogP contribution in [0.15, 0.2) is 29.8 Å². The molecule has 25 heavy (non-hydrogen) atoms. The topological polar surface area (TPSA) is 117 Å². The predicted octanol–water partition coefficient (Wildman–Crippen LogP) is 2.74. The minimum absolute atomic E-state index is 0.233. The van der Waals surface area contributed by atoms with Crippen LogP contribution in [-0.2, 0) is 0 Å². The quantitative estimate of drug-likeness (QED) is 0.662. The van der Waals surface area contributed by atoms with Crippen LogP contribution in [-0.4, -0.2) is 38.1 Å². The van der Waals surface area contributed by atoms with E-state index < -0.39 is 5.97 Å². The summed E-state index contributed by atoms with van der Waals surface area (Å²) in [7, 11) is 0. The summed E-state index contributed by atoms with van der Waals surface area (Å²) in [5.41, 5.74) is 2.17. The molecule has 0 saturated heterocycles. The number of anilines is 1. The van der Waals surface area contributed by atoms with Crippen LogP contribution in [0.3, 0.4) is 0 Å². The number of carboxylic acid groups (broad SMARTS) is 1. The lowest BCUT2D eigenvalue weighted by molar-refractivity contribution is 0.0702. The van der Waals surface area contributed by atoms with Gasteiger partial charge in [-0.3, -0.25) is 10.3 Å². The standard InChI is InChI=1S/C16H13N5O3S/c22-15(23)12-5-8(7-25-12)11-6-17-10-3-4-13(20-14(10)19-11)21-16(24)18-9-1-2-9/h3-7,9H,1-2H2,(H,22,23)(H2,18,19,20,21,24). The second kappa shape index (κ2) is 6.10. The zero-order valence-corrected chi connectivity index (χ0v) is 13.7. The number of hydrogen-bond donors (Lipinski definition) is 3. The lowest BCUT2D eigenvalue weighted by atomic mass is 10.2. The first-order chi connectivity index (χ1) is 12.1. The highest BCUT2D eigenvalue weighted by molar-refractivity contribution is 7.12. The zero-order chi connectivity index (χ0) is 17.4. The lowest BCUT2D eigenvalue weighted by Gasteiger charge is -2.06. The first-order valence-electron chi connectivity index (χ1n) is 7.62.